The molecule has 0 aliphatic heterocycles. The van der Waals surface area contributed by atoms with E-state index < -0.39 is 17.8 Å². The van der Waals surface area contributed by atoms with Gasteiger partial charge in [-0.2, -0.15) is 13.2 Å². The van der Waals surface area contributed by atoms with Crippen LogP contribution in [0.2, 0.25) is 0 Å². The Labute approximate surface area is 171 Å². The van der Waals surface area contributed by atoms with Gasteiger partial charge in [-0.05, 0) is 83.7 Å². The molecule has 0 aliphatic rings. The van der Waals surface area contributed by atoms with E-state index in [0.717, 1.165) is 43.4 Å². The number of carbonyl (C=O) groups excluding carboxylic acids is 1. The lowest BCUT2D eigenvalue weighted by molar-refractivity contribution is -0.137. The first-order valence-corrected chi connectivity index (χ1v) is 9.63. The van der Waals surface area contributed by atoms with Crippen molar-refractivity contribution < 1.29 is 22.7 Å². The quantitative estimate of drug-likeness (QED) is 0.425. The van der Waals surface area contributed by atoms with Gasteiger partial charge in [-0.3, -0.25) is 5.32 Å². The maximum atomic E-state index is 12.5. The average molecular weight is 409 g/mol. The van der Waals surface area contributed by atoms with E-state index >= 15 is 0 Å². The maximum absolute atomic E-state index is 12.5. The lowest BCUT2D eigenvalue weighted by atomic mass is 10.1. The van der Waals surface area contributed by atoms with E-state index in [-0.39, 0.29) is 12.3 Å². The molecule has 1 amide bonds. The summed E-state index contributed by atoms with van der Waals surface area (Å²) in [6, 6.07) is 4.21. The van der Waals surface area contributed by atoms with E-state index in [2.05, 4.69) is 38.2 Å². The summed E-state index contributed by atoms with van der Waals surface area (Å²) in [5.41, 5.74) is 3.29. The maximum Gasteiger partial charge on any atom is 0.416 e. The fourth-order valence-electron chi connectivity index (χ4n) is 2.49. The monoisotopic (exact) mass is 409 g/mol. The fourth-order valence-corrected chi connectivity index (χ4v) is 2.49. The molecule has 1 aromatic carbocycles. The van der Waals surface area contributed by atoms with Crippen molar-refractivity contribution >= 4 is 11.8 Å². The predicted molar refractivity (Wildman–Crippen MR) is 112 cm³/mol. The number of hydrogen-bond donors (Lipinski definition) is 1. The third-order valence-electron chi connectivity index (χ3n) is 4.23. The number of nitrogens with one attached hydrogen (secondary N) is 1. The lowest BCUT2D eigenvalue weighted by Crippen LogP contribution is -2.14. The van der Waals surface area contributed by atoms with Crippen LogP contribution in [0.4, 0.5) is 23.7 Å². The van der Waals surface area contributed by atoms with Crippen molar-refractivity contribution in [2.75, 3.05) is 11.9 Å². The lowest BCUT2D eigenvalue weighted by Gasteiger charge is -2.09. The van der Waals surface area contributed by atoms with Crippen molar-refractivity contribution in [1.82, 2.24) is 0 Å². The topological polar surface area (TPSA) is 38.3 Å². The summed E-state index contributed by atoms with van der Waals surface area (Å²) in [5.74, 6) is 0. The highest BCUT2D eigenvalue weighted by molar-refractivity contribution is 5.84. The van der Waals surface area contributed by atoms with Crippen LogP contribution in [0.1, 0.15) is 58.9 Å². The zero-order valence-corrected chi connectivity index (χ0v) is 17.5. The number of allylic oxidation sites excluding steroid dienone is 5. The Bertz CT molecular complexity index is 740. The van der Waals surface area contributed by atoms with E-state index in [1.165, 1.54) is 23.3 Å². The standard InChI is InChI=1S/C23H30F3NO2/c1-17(2)7-5-8-18(3)9-6-10-19(4)15-16-29-22(28)27-21-13-11-20(12-14-21)23(24,25)26/h7,9,11-15H,5-6,8,10,16H2,1-4H3,(H,27,28). The average Bonchev–Trinajstić information content (AvgIpc) is 2.61. The van der Waals surface area contributed by atoms with Gasteiger partial charge >= 0.3 is 12.3 Å². The summed E-state index contributed by atoms with van der Waals surface area (Å²) < 4.78 is 42.6. The van der Waals surface area contributed by atoms with Crippen LogP contribution in [0.15, 0.2) is 59.2 Å². The highest BCUT2D eigenvalue weighted by Gasteiger charge is 2.29. The van der Waals surface area contributed by atoms with Crippen LogP contribution in [0.25, 0.3) is 0 Å². The molecular formula is C23H30F3NO2. The van der Waals surface area contributed by atoms with Crippen LogP contribution in [0.5, 0.6) is 0 Å². The van der Waals surface area contributed by atoms with Gasteiger partial charge in [-0.1, -0.05) is 28.9 Å². The normalized spacial score (nSPS) is 12.5. The minimum atomic E-state index is -4.40. The molecule has 0 aromatic heterocycles. The van der Waals surface area contributed by atoms with Gasteiger partial charge < -0.3 is 4.74 Å². The number of benzene rings is 1. The molecule has 6 heteroatoms. The van der Waals surface area contributed by atoms with E-state index in [1.807, 2.05) is 13.0 Å². The van der Waals surface area contributed by atoms with Crippen molar-refractivity contribution in [3.8, 4) is 0 Å². The fraction of sp³-hybridized carbons (Fsp3) is 0.435. The molecule has 1 N–H and O–H groups in total. The summed E-state index contributed by atoms with van der Waals surface area (Å²) >= 11 is 0. The highest BCUT2D eigenvalue weighted by Crippen LogP contribution is 2.29. The first kappa shape index (κ1) is 24.5. The van der Waals surface area contributed by atoms with Crippen LogP contribution < -0.4 is 5.32 Å². The molecule has 1 aromatic rings. The van der Waals surface area contributed by atoms with Crippen molar-refractivity contribution in [1.29, 1.82) is 0 Å². The van der Waals surface area contributed by atoms with Gasteiger partial charge in [-0.25, -0.2) is 4.79 Å². The van der Waals surface area contributed by atoms with E-state index in [0.29, 0.717) is 0 Å². The summed E-state index contributed by atoms with van der Waals surface area (Å²) in [6.07, 6.45) is 5.11. The molecule has 0 aliphatic carbocycles. The summed E-state index contributed by atoms with van der Waals surface area (Å²) in [5, 5.41) is 2.41. The minimum Gasteiger partial charge on any atom is -0.445 e. The summed E-state index contributed by atoms with van der Waals surface area (Å²) in [4.78, 5) is 11.7. The zero-order chi connectivity index (χ0) is 21.9. The van der Waals surface area contributed by atoms with Gasteiger partial charge in [0.15, 0.2) is 0 Å². The Morgan fingerprint density at radius 2 is 1.48 bits per heavy atom. The molecule has 1 rings (SSSR count). The number of amides is 1. The summed E-state index contributed by atoms with van der Waals surface area (Å²) in [7, 11) is 0. The predicted octanol–water partition coefficient (Wildman–Crippen LogP) is 7.67. The molecule has 0 saturated carbocycles. The second kappa shape index (κ2) is 12.1. The molecule has 0 heterocycles. The highest BCUT2D eigenvalue weighted by atomic mass is 19.4. The smallest absolute Gasteiger partial charge is 0.416 e. The first-order chi connectivity index (χ1) is 13.6. The number of ether oxygens (including phenoxy) is 1. The van der Waals surface area contributed by atoms with Crippen LogP contribution in [-0.2, 0) is 10.9 Å². The molecule has 160 valence electrons. The van der Waals surface area contributed by atoms with Gasteiger partial charge in [-0.15, -0.1) is 0 Å². The van der Waals surface area contributed by atoms with Gasteiger partial charge in [0, 0.05) is 5.69 Å². The second-order valence-corrected chi connectivity index (χ2v) is 7.26. The number of halogens is 3. The van der Waals surface area contributed by atoms with Crippen molar-refractivity contribution in [2.45, 2.75) is 59.6 Å². The molecule has 29 heavy (non-hydrogen) atoms. The van der Waals surface area contributed by atoms with Crippen LogP contribution >= 0.6 is 0 Å². The number of rotatable bonds is 9. The van der Waals surface area contributed by atoms with Crippen molar-refractivity contribution in [2.24, 2.45) is 0 Å². The van der Waals surface area contributed by atoms with E-state index in [1.54, 1.807) is 0 Å². The van der Waals surface area contributed by atoms with Gasteiger partial charge in [0.1, 0.15) is 6.61 Å². The minimum absolute atomic E-state index is 0.113. The van der Waals surface area contributed by atoms with Crippen molar-refractivity contribution in [3.63, 3.8) is 0 Å². The molecule has 0 saturated heterocycles. The van der Waals surface area contributed by atoms with Gasteiger partial charge in [0.05, 0.1) is 5.56 Å². The van der Waals surface area contributed by atoms with Crippen molar-refractivity contribution in [3.05, 3.63) is 64.8 Å². The largest absolute Gasteiger partial charge is 0.445 e. The Morgan fingerprint density at radius 3 is 2.03 bits per heavy atom. The molecule has 3 nitrogen and oxygen atoms in total. The molecule has 0 spiro atoms. The van der Waals surface area contributed by atoms with Gasteiger partial charge in [0.2, 0.25) is 0 Å². The van der Waals surface area contributed by atoms with Crippen LogP contribution in [0, 0.1) is 0 Å². The number of carbonyl (C=O) groups is 1. The molecular weight excluding hydrogens is 379 g/mol. The third kappa shape index (κ3) is 11.2. The number of alkyl halides is 3. The van der Waals surface area contributed by atoms with E-state index in [9.17, 15) is 18.0 Å². The molecule has 0 radical (unpaired) electrons. The summed E-state index contributed by atoms with van der Waals surface area (Å²) in [6.45, 7) is 8.41. The van der Waals surface area contributed by atoms with Crippen LogP contribution in [-0.4, -0.2) is 12.7 Å². The second-order valence-electron chi connectivity index (χ2n) is 7.26. The Morgan fingerprint density at radius 1 is 0.931 bits per heavy atom. The number of hydrogen-bond acceptors (Lipinski definition) is 2. The number of anilines is 1. The third-order valence-corrected chi connectivity index (χ3v) is 4.23. The first-order valence-electron chi connectivity index (χ1n) is 9.63. The zero-order valence-electron chi connectivity index (χ0n) is 17.5. The van der Waals surface area contributed by atoms with Crippen LogP contribution in [0.3, 0.4) is 0 Å². The molecule has 0 unspecified atom stereocenters. The van der Waals surface area contributed by atoms with E-state index in [4.69, 9.17) is 4.74 Å². The Hall–Kier alpha value is -2.50. The van der Waals surface area contributed by atoms with Gasteiger partial charge in [0.25, 0.3) is 0 Å². The molecule has 0 bridgehead atoms. The molecule has 0 fully saturated rings. The Balaban J connectivity index is 2.33. The Kier molecular flexibility index (Phi) is 10.3. The SMILES string of the molecule is CC(C)=CCCC(C)=CCCC(C)=CCOC(=O)Nc1ccc(C(F)(F)F)cc1. The molecule has 0 atom stereocenters.